The van der Waals surface area contributed by atoms with E-state index in [1.165, 1.54) is 7.05 Å². The molecule has 3 heterocycles. The number of nitrogens with zero attached hydrogens (tertiary/aromatic N) is 8. The summed E-state index contributed by atoms with van der Waals surface area (Å²) in [5.74, 6) is -1.94. The zero-order valence-corrected chi connectivity index (χ0v) is 16.2. The van der Waals surface area contributed by atoms with Crippen molar-refractivity contribution in [1.29, 1.82) is 0 Å². The number of hydrazine groups is 1. The number of nitrogens with one attached hydrogen (secondary N) is 2. The minimum atomic E-state index is -0.996. The molecule has 0 bridgehead atoms. The molecule has 4 aromatic rings. The van der Waals surface area contributed by atoms with Crippen molar-refractivity contribution in [2.75, 3.05) is 5.73 Å². The van der Waals surface area contributed by atoms with Crippen LogP contribution >= 0.6 is 0 Å². The SMILES string of the molecule is Cn1cc([N+](=O)[O-])c(C(=O)NNC(=O)c2nnn(-c3nonc3N)c2-c2ccccc2)n1. The predicted octanol–water partition coefficient (Wildman–Crippen LogP) is -0.384. The Morgan fingerprint density at radius 2 is 1.81 bits per heavy atom. The number of rotatable bonds is 5. The van der Waals surface area contributed by atoms with Gasteiger partial charge in [-0.05, 0) is 10.3 Å². The third kappa shape index (κ3) is 3.58. The molecule has 162 valence electrons. The molecule has 0 aliphatic rings. The van der Waals surface area contributed by atoms with Gasteiger partial charge in [0.1, 0.15) is 11.9 Å². The van der Waals surface area contributed by atoms with E-state index in [1.807, 2.05) is 0 Å². The predicted molar refractivity (Wildman–Crippen MR) is 104 cm³/mol. The average Bonchev–Trinajstić information content (AvgIpc) is 3.50. The molecule has 32 heavy (non-hydrogen) atoms. The molecular weight excluding hydrogens is 426 g/mol. The zero-order chi connectivity index (χ0) is 22.8. The number of nitrogens with two attached hydrogens (primary N) is 1. The van der Waals surface area contributed by atoms with Crippen molar-refractivity contribution < 1.29 is 19.1 Å². The highest BCUT2D eigenvalue weighted by atomic mass is 16.6. The fourth-order valence-electron chi connectivity index (χ4n) is 2.78. The van der Waals surface area contributed by atoms with Gasteiger partial charge in [-0.3, -0.25) is 35.2 Å². The average molecular weight is 439 g/mol. The lowest BCUT2D eigenvalue weighted by Gasteiger charge is -2.07. The molecule has 4 N–H and O–H groups in total. The largest absolute Gasteiger partial charge is 0.378 e. The Morgan fingerprint density at radius 3 is 2.44 bits per heavy atom. The normalized spacial score (nSPS) is 10.7. The first-order chi connectivity index (χ1) is 15.4. The molecule has 0 spiro atoms. The monoisotopic (exact) mass is 439 g/mol. The van der Waals surface area contributed by atoms with Crippen molar-refractivity contribution in [3.8, 4) is 17.1 Å². The Hall–Kier alpha value is -5.15. The number of nitrogen functional groups attached to an aromatic ring is 1. The van der Waals surface area contributed by atoms with Crippen molar-refractivity contribution in [2.45, 2.75) is 0 Å². The maximum Gasteiger partial charge on any atom is 0.320 e. The number of amides is 2. The summed E-state index contributed by atoms with van der Waals surface area (Å²) >= 11 is 0. The van der Waals surface area contributed by atoms with Crippen LogP contribution in [-0.2, 0) is 7.05 Å². The molecule has 4 rings (SSSR count). The van der Waals surface area contributed by atoms with Crippen LogP contribution in [0.15, 0.2) is 41.2 Å². The van der Waals surface area contributed by atoms with Crippen LogP contribution in [0.3, 0.4) is 0 Å². The summed E-state index contributed by atoms with van der Waals surface area (Å²) in [5.41, 5.74) is 9.45. The highest BCUT2D eigenvalue weighted by molar-refractivity contribution is 6.01. The second kappa shape index (κ2) is 7.94. The molecule has 1 aromatic carbocycles. The third-order valence-corrected chi connectivity index (χ3v) is 4.14. The second-order valence-electron chi connectivity index (χ2n) is 6.24. The van der Waals surface area contributed by atoms with Gasteiger partial charge in [-0.15, -0.1) is 5.10 Å². The third-order valence-electron chi connectivity index (χ3n) is 4.14. The molecule has 0 aliphatic heterocycles. The molecule has 0 aliphatic carbocycles. The minimum Gasteiger partial charge on any atom is -0.378 e. The lowest BCUT2D eigenvalue weighted by molar-refractivity contribution is -0.385. The molecular formula is C16H13N11O5. The van der Waals surface area contributed by atoms with Gasteiger partial charge in [-0.2, -0.15) is 9.78 Å². The van der Waals surface area contributed by atoms with E-state index in [4.69, 9.17) is 5.73 Å². The Kier molecular flexibility index (Phi) is 4.99. The van der Waals surface area contributed by atoms with Gasteiger partial charge < -0.3 is 5.73 Å². The number of aromatic nitrogens is 7. The van der Waals surface area contributed by atoms with E-state index in [0.717, 1.165) is 15.6 Å². The quantitative estimate of drug-likeness (QED) is 0.269. The Balaban J connectivity index is 1.63. The van der Waals surface area contributed by atoms with E-state index < -0.39 is 28.1 Å². The molecule has 0 saturated carbocycles. The van der Waals surface area contributed by atoms with Gasteiger partial charge in [0.2, 0.25) is 17.3 Å². The van der Waals surface area contributed by atoms with Crippen LogP contribution in [0.2, 0.25) is 0 Å². The fourth-order valence-corrected chi connectivity index (χ4v) is 2.78. The van der Waals surface area contributed by atoms with Gasteiger partial charge in [0.15, 0.2) is 5.69 Å². The number of nitro groups is 1. The summed E-state index contributed by atoms with van der Waals surface area (Å²) in [5, 5.41) is 29.7. The van der Waals surface area contributed by atoms with E-state index in [9.17, 15) is 19.7 Å². The summed E-state index contributed by atoms with van der Waals surface area (Å²) in [6.07, 6.45) is 1.06. The first-order valence-corrected chi connectivity index (χ1v) is 8.75. The molecule has 16 nitrogen and oxygen atoms in total. The van der Waals surface area contributed by atoms with Crippen LogP contribution in [-0.4, -0.2) is 51.8 Å². The minimum absolute atomic E-state index is 0.00329. The number of hydrogen-bond donors (Lipinski definition) is 3. The van der Waals surface area contributed by atoms with Gasteiger partial charge in [0, 0.05) is 12.6 Å². The smallest absolute Gasteiger partial charge is 0.320 e. The van der Waals surface area contributed by atoms with Gasteiger partial charge >= 0.3 is 5.69 Å². The van der Waals surface area contributed by atoms with Crippen LogP contribution in [0.1, 0.15) is 21.0 Å². The molecule has 0 saturated heterocycles. The first kappa shape index (κ1) is 20.1. The number of carbonyl (C=O) groups excluding carboxylic acids is 2. The van der Waals surface area contributed by atoms with Crippen LogP contribution in [0.5, 0.6) is 0 Å². The van der Waals surface area contributed by atoms with E-state index in [1.54, 1.807) is 30.3 Å². The summed E-state index contributed by atoms with van der Waals surface area (Å²) in [6.45, 7) is 0. The molecule has 0 fully saturated rings. The maximum atomic E-state index is 12.8. The van der Waals surface area contributed by atoms with Crippen LogP contribution in [0.25, 0.3) is 17.1 Å². The molecule has 0 unspecified atom stereocenters. The highest BCUT2D eigenvalue weighted by Crippen LogP contribution is 2.26. The number of carbonyl (C=O) groups is 2. The topological polar surface area (TPSA) is 215 Å². The van der Waals surface area contributed by atoms with Gasteiger partial charge in [0.25, 0.3) is 11.8 Å². The Bertz CT molecular complexity index is 1320. The summed E-state index contributed by atoms with van der Waals surface area (Å²) in [6, 6.07) is 8.59. The zero-order valence-electron chi connectivity index (χ0n) is 16.2. The molecule has 0 atom stereocenters. The maximum absolute atomic E-state index is 12.8. The number of benzene rings is 1. The van der Waals surface area contributed by atoms with Crippen molar-refractivity contribution in [1.82, 2.24) is 45.9 Å². The molecule has 3 aromatic heterocycles. The number of anilines is 1. The fraction of sp³-hybridized carbons (Fsp3) is 0.0625. The number of aryl methyl sites for hydroxylation is 1. The van der Waals surface area contributed by atoms with Gasteiger partial charge in [-0.25, -0.2) is 4.63 Å². The summed E-state index contributed by atoms with van der Waals surface area (Å²) in [4.78, 5) is 35.4. The Morgan fingerprint density at radius 1 is 1.12 bits per heavy atom. The van der Waals surface area contributed by atoms with E-state index in [-0.39, 0.29) is 23.0 Å². The van der Waals surface area contributed by atoms with E-state index in [0.29, 0.717) is 5.56 Å². The lowest BCUT2D eigenvalue weighted by Crippen LogP contribution is -2.42. The van der Waals surface area contributed by atoms with Crippen molar-refractivity contribution in [3.05, 3.63) is 58.0 Å². The van der Waals surface area contributed by atoms with E-state index >= 15 is 0 Å². The van der Waals surface area contributed by atoms with Gasteiger partial charge in [0.05, 0.1) is 4.92 Å². The van der Waals surface area contributed by atoms with Crippen LogP contribution in [0, 0.1) is 10.1 Å². The second-order valence-corrected chi connectivity index (χ2v) is 6.24. The lowest BCUT2D eigenvalue weighted by atomic mass is 10.1. The molecule has 0 radical (unpaired) electrons. The van der Waals surface area contributed by atoms with Gasteiger partial charge in [-0.1, -0.05) is 35.5 Å². The Labute approximate surface area is 177 Å². The molecule has 2 amide bonds. The van der Waals surface area contributed by atoms with E-state index in [2.05, 4.69) is 41.2 Å². The van der Waals surface area contributed by atoms with Crippen molar-refractivity contribution in [3.63, 3.8) is 0 Å². The summed E-state index contributed by atoms with van der Waals surface area (Å²) in [7, 11) is 1.41. The first-order valence-electron chi connectivity index (χ1n) is 8.75. The van der Waals surface area contributed by atoms with Crippen LogP contribution in [0.4, 0.5) is 11.5 Å². The summed E-state index contributed by atoms with van der Waals surface area (Å²) < 4.78 is 6.84. The highest BCUT2D eigenvalue weighted by Gasteiger charge is 2.28. The number of hydrogen-bond acceptors (Lipinski definition) is 11. The van der Waals surface area contributed by atoms with Crippen molar-refractivity contribution in [2.24, 2.45) is 7.05 Å². The van der Waals surface area contributed by atoms with Crippen molar-refractivity contribution >= 4 is 23.3 Å². The standard InChI is InChI=1S/C16H13N11O5/c1-25-7-9(27(30)31)10(21-25)15(28)19-20-16(29)11-12(8-5-3-2-4-6-8)26(24-18-11)14-13(17)22-32-23-14/h2-7H,1H3,(H2,17,22)(H,19,28)(H,20,29). The molecule has 16 heteroatoms. The van der Waals surface area contributed by atoms with Crippen LogP contribution < -0.4 is 16.6 Å².